The average Bonchev–Trinajstić information content (AvgIpc) is 2.65. The van der Waals surface area contributed by atoms with E-state index in [4.69, 9.17) is 14.2 Å². The van der Waals surface area contributed by atoms with Crippen molar-refractivity contribution in [2.75, 3.05) is 0 Å². The Kier molecular flexibility index (Phi) is 8.72. The third-order valence-electron chi connectivity index (χ3n) is 5.85. The van der Waals surface area contributed by atoms with E-state index in [0.717, 1.165) is 11.1 Å². The molecule has 1 aromatic carbocycles. The number of hydrogen-bond donors (Lipinski definition) is 1. The summed E-state index contributed by atoms with van der Waals surface area (Å²) < 4.78 is 16.3. The lowest BCUT2D eigenvalue weighted by Crippen LogP contribution is -2.59. The lowest BCUT2D eigenvalue weighted by atomic mass is 9.63. The first-order valence-electron chi connectivity index (χ1n) is 11.8. The largest absolute Gasteiger partial charge is 0.514 e. The molecule has 1 aromatic rings. The van der Waals surface area contributed by atoms with E-state index in [1.165, 1.54) is 11.8 Å². The highest BCUT2D eigenvalue weighted by atomic mass is 32.2. The molecule has 0 aliphatic heterocycles. The number of fused-ring (bicyclic) bond motifs is 1. The number of nitrogens with one attached hydrogen (secondary N) is 1. The van der Waals surface area contributed by atoms with E-state index in [2.05, 4.69) is 19.2 Å². The lowest BCUT2D eigenvalue weighted by Gasteiger charge is -2.48. The zero-order valence-corrected chi connectivity index (χ0v) is 22.7. The maximum Gasteiger partial charge on any atom is 0.514 e. The van der Waals surface area contributed by atoms with Crippen molar-refractivity contribution in [2.45, 2.75) is 109 Å². The van der Waals surface area contributed by atoms with Crippen molar-refractivity contribution in [3.8, 4) is 5.75 Å². The molecule has 0 aromatic heterocycles. The van der Waals surface area contributed by atoms with E-state index in [0.29, 0.717) is 25.0 Å². The number of carbonyl (C=O) groups is 3. The molecule has 7 nitrogen and oxygen atoms in total. The molecule has 0 radical (unpaired) electrons. The SMILES string of the molecule is CCC1(CC)c2cc(OC(=O)OC(C)(C)C)ccc2CC(SC(C)=O)C1NC(=O)OC(C)(C)C. The van der Waals surface area contributed by atoms with Crippen LogP contribution in [0.15, 0.2) is 18.2 Å². The molecule has 0 saturated heterocycles. The van der Waals surface area contributed by atoms with Gasteiger partial charge >= 0.3 is 12.2 Å². The van der Waals surface area contributed by atoms with E-state index in [1.54, 1.807) is 33.8 Å². The van der Waals surface area contributed by atoms with Gasteiger partial charge in [0.1, 0.15) is 17.0 Å². The van der Waals surface area contributed by atoms with Crippen LogP contribution in [0, 0.1) is 0 Å². The van der Waals surface area contributed by atoms with Gasteiger partial charge in [0.15, 0.2) is 5.12 Å². The van der Waals surface area contributed by atoms with Crippen molar-refractivity contribution in [1.29, 1.82) is 0 Å². The van der Waals surface area contributed by atoms with E-state index >= 15 is 0 Å². The topological polar surface area (TPSA) is 90.9 Å². The van der Waals surface area contributed by atoms with E-state index in [-0.39, 0.29) is 16.4 Å². The minimum Gasteiger partial charge on any atom is -0.444 e. The normalized spacial score (nSPS) is 19.6. The summed E-state index contributed by atoms with van der Waals surface area (Å²) in [7, 11) is 0. The monoisotopic (exact) mass is 493 g/mol. The number of rotatable bonds is 5. The van der Waals surface area contributed by atoms with Crippen LogP contribution in [0.25, 0.3) is 0 Å². The van der Waals surface area contributed by atoms with Crippen LogP contribution < -0.4 is 10.1 Å². The van der Waals surface area contributed by atoms with Gasteiger partial charge in [-0.25, -0.2) is 9.59 Å². The Hall–Kier alpha value is -2.22. The minimum absolute atomic E-state index is 0.00424. The van der Waals surface area contributed by atoms with Crippen molar-refractivity contribution >= 4 is 29.1 Å². The third kappa shape index (κ3) is 7.14. The molecule has 1 N–H and O–H groups in total. The summed E-state index contributed by atoms with van der Waals surface area (Å²) in [6, 6.07) is 5.20. The van der Waals surface area contributed by atoms with Crippen molar-refractivity contribution in [1.82, 2.24) is 5.32 Å². The summed E-state index contributed by atoms with van der Waals surface area (Å²) in [6.07, 6.45) is 0.732. The molecule has 2 rings (SSSR count). The van der Waals surface area contributed by atoms with Crippen LogP contribution in [-0.4, -0.2) is 39.9 Å². The molecule has 2 atom stereocenters. The fourth-order valence-corrected chi connectivity index (χ4v) is 5.70. The van der Waals surface area contributed by atoms with Crippen molar-refractivity contribution in [2.24, 2.45) is 0 Å². The highest BCUT2D eigenvalue weighted by Crippen LogP contribution is 2.47. The van der Waals surface area contributed by atoms with Gasteiger partial charge in [0.25, 0.3) is 0 Å². The van der Waals surface area contributed by atoms with Crippen molar-refractivity contribution < 1.29 is 28.6 Å². The summed E-state index contributed by atoms with van der Waals surface area (Å²) in [5, 5.41) is 2.93. The van der Waals surface area contributed by atoms with Crippen molar-refractivity contribution in [3.63, 3.8) is 0 Å². The first kappa shape index (κ1) is 28.0. The zero-order chi connectivity index (χ0) is 25.9. The Balaban J connectivity index is 2.50. The van der Waals surface area contributed by atoms with Crippen LogP contribution in [0.4, 0.5) is 9.59 Å². The van der Waals surface area contributed by atoms with Gasteiger partial charge in [-0.15, -0.1) is 0 Å². The summed E-state index contributed by atoms with van der Waals surface area (Å²) in [6.45, 7) is 16.5. The molecule has 0 saturated carbocycles. The first-order valence-corrected chi connectivity index (χ1v) is 12.7. The molecule has 0 bridgehead atoms. The van der Waals surface area contributed by atoms with Crippen LogP contribution >= 0.6 is 11.8 Å². The van der Waals surface area contributed by atoms with Crippen LogP contribution in [-0.2, 0) is 26.1 Å². The summed E-state index contributed by atoms with van der Waals surface area (Å²) in [4.78, 5) is 37.2. The van der Waals surface area contributed by atoms with Gasteiger partial charge in [-0.3, -0.25) is 4.79 Å². The van der Waals surface area contributed by atoms with Gasteiger partial charge in [0, 0.05) is 17.6 Å². The molecule has 8 heteroatoms. The predicted molar refractivity (Wildman–Crippen MR) is 134 cm³/mol. The lowest BCUT2D eigenvalue weighted by molar-refractivity contribution is -0.109. The predicted octanol–water partition coefficient (Wildman–Crippen LogP) is 6.16. The van der Waals surface area contributed by atoms with Crippen molar-refractivity contribution in [3.05, 3.63) is 29.3 Å². The Labute approximate surface area is 207 Å². The number of benzene rings is 1. The van der Waals surface area contributed by atoms with Gasteiger partial charge in [0.05, 0.1) is 6.04 Å². The molecular formula is C26H39NO6S. The number of thioether (sulfide) groups is 1. The van der Waals surface area contributed by atoms with E-state index in [9.17, 15) is 14.4 Å². The first-order chi connectivity index (χ1) is 15.6. The molecule has 2 unspecified atom stereocenters. The summed E-state index contributed by atoms with van der Waals surface area (Å²) in [5.74, 6) is 0.382. The standard InChI is InChI=1S/C26H39NO6S/c1-10-26(11-2)19-15-18(31-23(30)33-25(7,8)9)13-12-17(19)14-20(34-16(3)28)21(26)27-22(29)32-24(4,5)6/h12-13,15,20-21H,10-11,14H2,1-9H3,(H,27,29). The number of hydrogen-bond acceptors (Lipinski definition) is 7. The Morgan fingerprint density at radius 2 is 1.62 bits per heavy atom. The molecule has 0 fully saturated rings. The number of amides is 1. The molecule has 34 heavy (non-hydrogen) atoms. The van der Waals surface area contributed by atoms with E-state index in [1.807, 2.05) is 32.9 Å². The highest BCUT2D eigenvalue weighted by molar-refractivity contribution is 8.14. The fraction of sp³-hybridized carbons (Fsp3) is 0.654. The minimum atomic E-state index is -0.768. The molecule has 0 heterocycles. The van der Waals surface area contributed by atoms with Gasteiger partial charge in [-0.05, 0) is 84.1 Å². The van der Waals surface area contributed by atoms with Crippen LogP contribution in [0.1, 0.15) is 86.3 Å². The second-order valence-electron chi connectivity index (χ2n) is 10.7. The van der Waals surface area contributed by atoms with Crippen LogP contribution in [0.3, 0.4) is 0 Å². The van der Waals surface area contributed by atoms with Crippen LogP contribution in [0.5, 0.6) is 5.75 Å². The van der Waals surface area contributed by atoms with Gasteiger partial charge in [0.2, 0.25) is 0 Å². The number of carbonyl (C=O) groups excluding carboxylic acids is 3. The summed E-state index contributed by atoms with van der Waals surface area (Å²) in [5.41, 5.74) is 0.281. The Bertz CT molecular complexity index is 911. The quantitative estimate of drug-likeness (QED) is 0.388. The highest BCUT2D eigenvalue weighted by Gasteiger charge is 2.48. The molecular weight excluding hydrogens is 454 g/mol. The van der Waals surface area contributed by atoms with Gasteiger partial charge < -0.3 is 19.5 Å². The maximum absolute atomic E-state index is 12.8. The Morgan fingerprint density at radius 1 is 1.03 bits per heavy atom. The maximum atomic E-state index is 12.8. The molecule has 1 amide bonds. The van der Waals surface area contributed by atoms with Crippen LogP contribution in [0.2, 0.25) is 0 Å². The fourth-order valence-electron chi connectivity index (χ4n) is 4.54. The van der Waals surface area contributed by atoms with Gasteiger partial charge in [-0.2, -0.15) is 0 Å². The van der Waals surface area contributed by atoms with Gasteiger partial charge in [-0.1, -0.05) is 31.7 Å². The summed E-state index contributed by atoms with van der Waals surface area (Å²) >= 11 is 1.25. The molecule has 1 aliphatic carbocycles. The Morgan fingerprint density at radius 3 is 2.12 bits per heavy atom. The molecule has 1 aliphatic rings. The second kappa shape index (κ2) is 10.6. The number of ether oxygens (including phenoxy) is 3. The third-order valence-corrected chi connectivity index (χ3v) is 6.92. The smallest absolute Gasteiger partial charge is 0.444 e. The van der Waals surface area contributed by atoms with E-state index < -0.39 is 28.9 Å². The zero-order valence-electron chi connectivity index (χ0n) is 21.9. The molecule has 0 spiro atoms. The number of alkyl carbamates (subject to hydrolysis) is 1. The molecule has 190 valence electrons. The second-order valence-corrected chi connectivity index (χ2v) is 12.1. The average molecular weight is 494 g/mol.